The van der Waals surface area contributed by atoms with E-state index < -0.39 is 0 Å². The molecule has 0 aliphatic rings. The topological polar surface area (TPSA) is 25.8 Å². The second-order valence-electron chi connectivity index (χ2n) is 5.40. The zero-order chi connectivity index (χ0) is 18.0. The average Bonchev–Trinajstić information content (AvgIpc) is 2.76. The number of hydrogen-bond donors (Lipinski definition) is 0. The molecule has 4 aromatic rings. The van der Waals surface area contributed by atoms with Gasteiger partial charge in [-0.2, -0.15) is 0 Å². The molecule has 2 nitrogen and oxygen atoms in total. The fraction of sp³-hybridized carbons (Fsp3) is 0. The van der Waals surface area contributed by atoms with E-state index in [1.165, 1.54) is 0 Å². The Bertz CT molecular complexity index is 924. The average molecular weight is 527 g/mol. The van der Waals surface area contributed by atoms with E-state index in [0.717, 1.165) is 28.1 Å². The van der Waals surface area contributed by atoms with Crippen molar-refractivity contribution < 1.29 is 21.1 Å². The number of nitrogens with zero attached hydrogens (tertiary/aromatic N) is 2. The molecule has 0 bridgehead atoms. The molecule has 0 saturated heterocycles. The summed E-state index contributed by atoms with van der Waals surface area (Å²) in [4.78, 5) is 8.66. The number of hydrogen-bond acceptors (Lipinski definition) is 2. The van der Waals surface area contributed by atoms with Gasteiger partial charge in [0, 0.05) is 23.8 Å². The Morgan fingerprint density at radius 2 is 1.15 bits per heavy atom. The van der Waals surface area contributed by atoms with E-state index in [1.54, 1.807) is 12.4 Å². The maximum Gasteiger partial charge on any atom is 2.00 e. The minimum absolute atomic E-state index is 0. The molecule has 2 aromatic heterocycles. The van der Waals surface area contributed by atoms with E-state index in [9.17, 15) is 0 Å². The summed E-state index contributed by atoms with van der Waals surface area (Å²) in [6.07, 6.45) is 10.3. The van der Waals surface area contributed by atoms with Crippen LogP contribution in [0, 0.1) is 18.4 Å². The van der Waals surface area contributed by atoms with Gasteiger partial charge < -0.3 is 6.42 Å². The van der Waals surface area contributed by atoms with Crippen LogP contribution in [0.3, 0.4) is 0 Å². The van der Waals surface area contributed by atoms with Crippen LogP contribution in [0.5, 0.6) is 0 Å². The third kappa shape index (κ3) is 6.03. The quantitative estimate of drug-likeness (QED) is 0.264. The van der Waals surface area contributed by atoms with Crippen LogP contribution in [0.4, 0.5) is 0 Å². The Balaban J connectivity index is 0.000000247. The van der Waals surface area contributed by atoms with E-state index in [1.807, 2.05) is 84.9 Å². The Labute approximate surface area is 174 Å². The van der Waals surface area contributed by atoms with Gasteiger partial charge in [-0.15, -0.1) is 42.0 Å². The number of benzene rings is 2. The predicted octanol–water partition coefficient (Wildman–Crippen LogP) is 5.23. The van der Waals surface area contributed by atoms with Crippen LogP contribution in [0.25, 0.3) is 22.5 Å². The third-order valence-corrected chi connectivity index (χ3v) is 3.59. The first-order valence-corrected chi connectivity index (χ1v) is 8.20. The zero-order valence-electron chi connectivity index (χ0n) is 14.4. The summed E-state index contributed by atoms with van der Waals surface area (Å²) in [5.74, 6) is 2.28. The molecule has 2 aromatic carbocycles. The van der Waals surface area contributed by atoms with E-state index in [0.29, 0.717) is 0 Å². The van der Waals surface area contributed by atoms with E-state index >= 15 is 0 Å². The molecule has 4 rings (SSSR count). The molecule has 0 aliphatic carbocycles. The fourth-order valence-electron chi connectivity index (χ4n) is 2.33. The van der Waals surface area contributed by atoms with E-state index in [4.69, 9.17) is 6.42 Å². The monoisotopic (exact) mass is 527 g/mol. The van der Waals surface area contributed by atoms with Crippen molar-refractivity contribution in [2.45, 2.75) is 0 Å². The van der Waals surface area contributed by atoms with Crippen LogP contribution in [-0.2, 0) is 21.1 Å². The molecule has 0 amide bonds. The van der Waals surface area contributed by atoms with Gasteiger partial charge in [-0.1, -0.05) is 53.6 Å². The van der Waals surface area contributed by atoms with Crippen LogP contribution >= 0.6 is 0 Å². The molecule has 0 fully saturated rings. The van der Waals surface area contributed by atoms with Crippen molar-refractivity contribution in [3.8, 4) is 28.4 Å². The van der Waals surface area contributed by atoms with Gasteiger partial charge in [0.15, 0.2) is 0 Å². The molecule has 0 unspecified atom stereocenters. The summed E-state index contributed by atoms with van der Waals surface area (Å²) in [5.41, 5.74) is 4.65. The van der Waals surface area contributed by atoms with Gasteiger partial charge in [0.2, 0.25) is 0 Å². The van der Waals surface area contributed by atoms with Gasteiger partial charge >= 0.3 is 21.1 Å². The smallest absolute Gasteiger partial charge is 0.366 e. The van der Waals surface area contributed by atoms with Crippen molar-refractivity contribution >= 4 is 0 Å². The van der Waals surface area contributed by atoms with Crippen LogP contribution in [0.15, 0.2) is 97.3 Å². The second kappa shape index (κ2) is 10.9. The van der Waals surface area contributed by atoms with Gasteiger partial charge in [-0.25, -0.2) is 0 Å². The molecule has 0 radical (unpaired) electrons. The summed E-state index contributed by atoms with van der Waals surface area (Å²) in [6.45, 7) is 0. The first-order valence-electron chi connectivity index (χ1n) is 8.20. The van der Waals surface area contributed by atoms with Gasteiger partial charge in [0.05, 0.1) is 0 Å². The van der Waals surface area contributed by atoms with Crippen molar-refractivity contribution in [2.75, 3.05) is 0 Å². The standard InChI is InChI=1S/C16H11N2.C8H5.Pt/c1-3-10-17-15(8-1)13-6-5-7-14(12-13)16-9-2-4-11-18-16;1-2-8-6-4-3-5-7-8;/h1-11H;3-7H;/q2*-1;+2. The summed E-state index contributed by atoms with van der Waals surface area (Å²) in [6, 6.07) is 30.5. The van der Waals surface area contributed by atoms with Crippen molar-refractivity contribution in [1.82, 2.24) is 9.97 Å². The Hall–Kier alpha value is -3.01. The number of aromatic nitrogens is 2. The molecular formula is C24H16N2Pt. The molecule has 132 valence electrons. The Kier molecular flexibility index (Phi) is 8.17. The van der Waals surface area contributed by atoms with E-state index in [2.05, 4.69) is 22.0 Å². The number of rotatable bonds is 2. The largest absolute Gasteiger partial charge is 2.00 e. The summed E-state index contributed by atoms with van der Waals surface area (Å²) >= 11 is 0. The SMILES string of the molecule is [C-]#Cc1ccccc1.[Pt+2].[c-]1c(-c2ccccn2)cccc1-c1ccccn1. The summed E-state index contributed by atoms with van der Waals surface area (Å²) in [5, 5.41) is 0. The Morgan fingerprint density at radius 3 is 1.56 bits per heavy atom. The fourth-order valence-corrected chi connectivity index (χ4v) is 2.33. The molecule has 0 aliphatic heterocycles. The minimum Gasteiger partial charge on any atom is -0.366 e. The zero-order valence-corrected chi connectivity index (χ0v) is 16.7. The minimum atomic E-state index is 0. The molecule has 2 heterocycles. The Morgan fingerprint density at radius 1 is 0.630 bits per heavy atom. The third-order valence-electron chi connectivity index (χ3n) is 3.59. The van der Waals surface area contributed by atoms with E-state index in [-0.39, 0.29) is 21.1 Å². The van der Waals surface area contributed by atoms with Gasteiger partial charge in [0.1, 0.15) is 0 Å². The first kappa shape index (κ1) is 20.3. The van der Waals surface area contributed by atoms with Crippen molar-refractivity contribution in [3.05, 3.63) is 115 Å². The molecular weight excluding hydrogens is 511 g/mol. The summed E-state index contributed by atoms with van der Waals surface area (Å²) in [7, 11) is 0. The second-order valence-corrected chi connectivity index (χ2v) is 5.40. The molecule has 27 heavy (non-hydrogen) atoms. The van der Waals surface area contributed by atoms with Crippen LogP contribution in [0.2, 0.25) is 0 Å². The van der Waals surface area contributed by atoms with Crippen molar-refractivity contribution in [2.24, 2.45) is 0 Å². The maximum atomic E-state index is 6.69. The predicted molar refractivity (Wildman–Crippen MR) is 104 cm³/mol. The van der Waals surface area contributed by atoms with Crippen LogP contribution < -0.4 is 0 Å². The van der Waals surface area contributed by atoms with Crippen molar-refractivity contribution in [1.29, 1.82) is 0 Å². The van der Waals surface area contributed by atoms with Crippen LogP contribution in [0.1, 0.15) is 5.56 Å². The molecule has 0 spiro atoms. The van der Waals surface area contributed by atoms with Gasteiger partial charge in [-0.3, -0.25) is 15.9 Å². The van der Waals surface area contributed by atoms with Crippen LogP contribution in [-0.4, -0.2) is 9.97 Å². The molecule has 0 atom stereocenters. The molecule has 3 heteroatoms. The number of pyridine rings is 2. The van der Waals surface area contributed by atoms with Crippen molar-refractivity contribution in [3.63, 3.8) is 0 Å². The van der Waals surface area contributed by atoms with Gasteiger partial charge in [0.25, 0.3) is 0 Å². The molecule has 0 N–H and O–H groups in total. The maximum absolute atomic E-state index is 6.69. The van der Waals surface area contributed by atoms with Gasteiger partial charge in [-0.05, 0) is 12.1 Å². The molecule has 0 saturated carbocycles. The summed E-state index contributed by atoms with van der Waals surface area (Å²) < 4.78 is 0. The first-order chi connectivity index (χ1) is 12.9. The normalized spacial score (nSPS) is 9.15.